The third-order valence-corrected chi connectivity index (χ3v) is 5.61. The SMILES string of the molecule is O=C1CCCC[C@@H]1[C@H]1CCCN1C(=O)c1cc(=O)[nH]c2ccccc12. The number of amides is 1. The minimum Gasteiger partial charge on any atom is -0.335 e. The molecule has 1 aromatic heterocycles. The summed E-state index contributed by atoms with van der Waals surface area (Å²) in [6.45, 7) is 0.661. The molecule has 1 N–H and O–H groups in total. The first-order chi connectivity index (χ1) is 12.1. The number of hydrogen-bond donors (Lipinski definition) is 1. The summed E-state index contributed by atoms with van der Waals surface area (Å²) in [5, 5.41) is 0.757. The number of fused-ring (bicyclic) bond motifs is 1. The molecule has 25 heavy (non-hydrogen) atoms. The molecule has 1 aliphatic carbocycles. The van der Waals surface area contributed by atoms with Crippen molar-refractivity contribution in [1.29, 1.82) is 0 Å². The molecule has 0 radical (unpaired) electrons. The number of pyridine rings is 1. The van der Waals surface area contributed by atoms with Gasteiger partial charge in [-0.05, 0) is 31.7 Å². The molecule has 1 amide bonds. The lowest BCUT2D eigenvalue weighted by atomic mass is 9.81. The molecule has 1 saturated carbocycles. The number of carbonyl (C=O) groups is 2. The van der Waals surface area contributed by atoms with E-state index in [-0.39, 0.29) is 23.4 Å². The third-order valence-electron chi connectivity index (χ3n) is 5.61. The van der Waals surface area contributed by atoms with Crippen LogP contribution in [0.15, 0.2) is 35.1 Å². The Morgan fingerprint density at radius 3 is 2.76 bits per heavy atom. The molecule has 5 nitrogen and oxygen atoms in total. The summed E-state index contributed by atoms with van der Waals surface area (Å²) >= 11 is 0. The van der Waals surface area contributed by atoms with Gasteiger partial charge in [-0.3, -0.25) is 14.4 Å². The quantitative estimate of drug-likeness (QED) is 0.915. The van der Waals surface area contributed by atoms with Gasteiger partial charge in [0.05, 0.1) is 5.56 Å². The maximum atomic E-state index is 13.2. The van der Waals surface area contributed by atoms with E-state index in [9.17, 15) is 14.4 Å². The molecule has 1 aliphatic heterocycles. The zero-order chi connectivity index (χ0) is 17.4. The molecular weight excluding hydrogens is 316 g/mol. The van der Waals surface area contributed by atoms with Crippen LogP contribution in [0, 0.1) is 5.92 Å². The van der Waals surface area contributed by atoms with Crippen molar-refractivity contribution in [2.24, 2.45) is 5.92 Å². The van der Waals surface area contributed by atoms with E-state index in [1.165, 1.54) is 6.07 Å². The number of carbonyl (C=O) groups excluding carboxylic acids is 2. The number of likely N-dealkylation sites (tertiary alicyclic amines) is 1. The van der Waals surface area contributed by atoms with Gasteiger partial charge in [-0.25, -0.2) is 0 Å². The van der Waals surface area contributed by atoms with Crippen LogP contribution in [-0.4, -0.2) is 34.2 Å². The van der Waals surface area contributed by atoms with Crippen LogP contribution in [0.2, 0.25) is 0 Å². The number of aromatic amines is 1. The van der Waals surface area contributed by atoms with E-state index >= 15 is 0 Å². The Morgan fingerprint density at radius 2 is 1.92 bits per heavy atom. The average molecular weight is 338 g/mol. The van der Waals surface area contributed by atoms with Gasteiger partial charge < -0.3 is 9.88 Å². The fourth-order valence-corrected chi connectivity index (χ4v) is 4.42. The van der Waals surface area contributed by atoms with E-state index in [1.807, 2.05) is 23.1 Å². The topological polar surface area (TPSA) is 70.2 Å². The molecule has 2 heterocycles. The number of benzene rings is 1. The van der Waals surface area contributed by atoms with Crippen molar-refractivity contribution < 1.29 is 9.59 Å². The predicted molar refractivity (Wildman–Crippen MR) is 95.6 cm³/mol. The molecule has 2 fully saturated rings. The van der Waals surface area contributed by atoms with Crippen molar-refractivity contribution in [3.63, 3.8) is 0 Å². The molecule has 130 valence electrons. The zero-order valence-electron chi connectivity index (χ0n) is 14.2. The maximum Gasteiger partial charge on any atom is 0.255 e. The van der Waals surface area contributed by atoms with Gasteiger partial charge in [0, 0.05) is 41.9 Å². The number of hydrogen-bond acceptors (Lipinski definition) is 3. The van der Waals surface area contributed by atoms with Crippen LogP contribution in [0.25, 0.3) is 10.9 Å². The van der Waals surface area contributed by atoms with E-state index in [4.69, 9.17) is 0 Å². The summed E-state index contributed by atoms with van der Waals surface area (Å²) in [6.07, 6.45) is 5.34. The van der Waals surface area contributed by atoms with Crippen molar-refractivity contribution in [2.75, 3.05) is 6.54 Å². The van der Waals surface area contributed by atoms with Crippen molar-refractivity contribution in [3.05, 3.63) is 46.2 Å². The van der Waals surface area contributed by atoms with E-state index < -0.39 is 0 Å². The van der Waals surface area contributed by atoms with E-state index in [1.54, 1.807) is 6.07 Å². The highest BCUT2D eigenvalue weighted by Crippen LogP contribution is 2.33. The Kier molecular flexibility index (Phi) is 4.15. The number of nitrogens with one attached hydrogen (secondary N) is 1. The number of H-pyrrole nitrogens is 1. The van der Waals surface area contributed by atoms with Gasteiger partial charge in [0.25, 0.3) is 5.91 Å². The monoisotopic (exact) mass is 338 g/mol. The van der Waals surface area contributed by atoms with Crippen LogP contribution in [0.1, 0.15) is 48.9 Å². The second kappa shape index (κ2) is 6.47. The lowest BCUT2D eigenvalue weighted by Crippen LogP contribution is -2.44. The Hall–Kier alpha value is -2.43. The maximum absolute atomic E-state index is 13.2. The molecular formula is C20H22N2O3. The van der Waals surface area contributed by atoms with Gasteiger partial charge in [-0.2, -0.15) is 0 Å². The summed E-state index contributed by atoms with van der Waals surface area (Å²) in [7, 11) is 0. The highest BCUT2D eigenvalue weighted by atomic mass is 16.2. The van der Waals surface area contributed by atoms with E-state index in [0.29, 0.717) is 29.8 Å². The van der Waals surface area contributed by atoms with Crippen molar-refractivity contribution in [1.82, 2.24) is 9.88 Å². The van der Waals surface area contributed by atoms with Crippen LogP contribution in [0.5, 0.6) is 0 Å². The zero-order valence-corrected chi connectivity index (χ0v) is 14.2. The highest BCUT2D eigenvalue weighted by Gasteiger charge is 2.39. The molecule has 2 aromatic rings. The normalized spacial score (nSPS) is 24.0. The van der Waals surface area contributed by atoms with Crippen molar-refractivity contribution in [2.45, 2.75) is 44.6 Å². The molecule has 4 rings (SSSR count). The molecule has 0 unspecified atom stereocenters. The molecule has 0 bridgehead atoms. The molecule has 2 aliphatic rings. The van der Waals surface area contributed by atoms with Crippen molar-refractivity contribution in [3.8, 4) is 0 Å². The number of nitrogens with zero attached hydrogens (tertiary/aromatic N) is 1. The second-order valence-corrected chi connectivity index (χ2v) is 7.12. The van der Waals surface area contributed by atoms with Crippen LogP contribution in [-0.2, 0) is 4.79 Å². The molecule has 1 aromatic carbocycles. The number of rotatable bonds is 2. The number of para-hydroxylation sites is 1. The average Bonchev–Trinajstić information content (AvgIpc) is 3.10. The first-order valence-electron chi connectivity index (χ1n) is 9.11. The summed E-state index contributed by atoms with van der Waals surface area (Å²) in [4.78, 5) is 42.2. The van der Waals surface area contributed by atoms with Gasteiger partial charge in [-0.1, -0.05) is 24.6 Å². The Labute approximate surface area is 146 Å². The first-order valence-corrected chi connectivity index (χ1v) is 9.11. The van der Waals surface area contributed by atoms with Gasteiger partial charge >= 0.3 is 0 Å². The van der Waals surface area contributed by atoms with Crippen LogP contribution >= 0.6 is 0 Å². The molecule has 5 heteroatoms. The predicted octanol–water partition coefficient (Wildman–Crippen LogP) is 2.89. The molecule has 0 spiro atoms. The van der Waals surface area contributed by atoms with Crippen LogP contribution in [0.4, 0.5) is 0 Å². The third kappa shape index (κ3) is 2.88. The lowest BCUT2D eigenvalue weighted by Gasteiger charge is -2.33. The van der Waals surface area contributed by atoms with Gasteiger partial charge in [0.15, 0.2) is 0 Å². The fourth-order valence-electron chi connectivity index (χ4n) is 4.42. The van der Waals surface area contributed by atoms with Gasteiger partial charge in [0.2, 0.25) is 5.56 Å². The summed E-state index contributed by atoms with van der Waals surface area (Å²) in [6, 6.07) is 8.74. The number of ketones is 1. The fraction of sp³-hybridized carbons (Fsp3) is 0.450. The smallest absolute Gasteiger partial charge is 0.255 e. The van der Waals surface area contributed by atoms with E-state index in [2.05, 4.69) is 4.98 Å². The second-order valence-electron chi connectivity index (χ2n) is 7.12. The highest BCUT2D eigenvalue weighted by molar-refractivity contribution is 6.06. The lowest BCUT2D eigenvalue weighted by molar-refractivity contribution is -0.126. The van der Waals surface area contributed by atoms with Gasteiger partial charge in [-0.15, -0.1) is 0 Å². The standard InChI is InChI=1S/C20H22N2O3/c23-18-10-4-2-7-14(18)17-9-5-11-22(17)20(25)15-12-19(24)21-16-8-3-1-6-13(15)16/h1,3,6,8,12,14,17H,2,4-5,7,9-11H2,(H,21,24)/t14-,17-/m1/s1. The number of aromatic nitrogens is 1. The largest absolute Gasteiger partial charge is 0.335 e. The van der Waals surface area contributed by atoms with Crippen LogP contribution < -0.4 is 5.56 Å². The number of Topliss-reactive ketones (excluding diaryl/α,β-unsaturated/α-hetero) is 1. The van der Waals surface area contributed by atoms with Gasteiger partial charge in [0.1, 0.15) is 5.78 Å². The van der Waals surface area contributed by atoms with Crippen LogP contribution in [0.3, 0.4) is 0 Å². The summed E-state index contributed by atoms with van der Waals surface area (Å²) in [5.41, 5.74) is 0.837. The minimum absolute atomic E-state index is 0.0154. The summed E-state index contributed by atoms with van der Waals surface area (Å²) in [5.74, 6) is 0.142. The summed E-state index contributed by atoms with van der Waals surface area (Å²) < 4.78 is 0. The Bertz CT molecular complexity index is 886. The van der Waals surface area contributed by atoms with Crippen molar-refractivity contribution >= 4 is 22.6 Å². The first kappa shape index (κ1) is 16.1. The Morgan fingerprint density at radius 1 is 1.08 bits per heavy atom. The molecule has 2 atom stereocenters. The Balaban J connectivity index is 1.71. The minimum atomic E-state index is -0.272. The van der Waals surface area contributed by atoms with E-state index in [0.717, 1.165) is 37.5 Å². The molecule has 1 saturated heterocycles.